The van der Waals surface area contributed by atoms with Crippen molar-refractivity contribution in [1.29, 1.82) is 5.26 Å². The van der Waals surface area contributed by atoms with Crippen LogP contribution in [0.1, 0.15) is 53.7 Å². The molecule has 0 radical (unpaired) electrons. The SMILES string of the molecule is Cc1cccn2cc(-c3ccc(C[C@@H](CCO)CC(=O)c4ccc(OC(C)C)c(C#N)c4)c(F)c3)nc12. The summed E-state index contributed by atoms with van der Waals surface area (Å²) in [5.41, 5.74) is 4.38. The number of carbonyl (C=O) groups is 1. The predicted octanol–water partition coefficient (Wildman–Crippen LogP) is 5.92. The van der Waals surface area contributed by atoms with Crippen molar-refractivity contribution in [2.45, 2.75) is 46.1 Å². The van der Waals surface area contributed by atoms with Crippen LogP contribution in [-0.2, 0) is 6.42 Å². The number of aryl methyl sites for hydroxylation is 1. The maximum atomic E-state index is 15.1. The van der Waals surface area contributed by atoms with Crippen LogP contribution in [0.15, 0.2) is 60.9 Å². The van der Waals surface area contributed by atoms with Crippen molar-refractivity contribution in [1.82, 2.24) is 9.38 Å². The summed E-state index contributed by atoms with van der Waals surface area (Å²) in [5, 5.41) is 19.0. The van der Waals surface area contributed by atoms with Gasteiger partial charge in [-0.3, -0.25) is 4.79 Å². The van der Waals surface area contributed by atoms with Crippen molar-refractivity contribution in [2.75, 3.05) is 6.61 Å². The third-order valence-corrected chi connectivity index (χ3v) is 6.33. The Kier molecular flexibility index (Phi) is 8.00. The third-order valence-electron chi connectivity index (χ3n) is 6.33. The first-order valence-corrected chi connectivity index (χ1v) is 12.4. The van der Waals surface area contributed by atoms with E-state index in [0.717, 1.165) is 11.2 Å². The largest absolute Gasteiger partial charge is 0.490 e. The maximum absolute atomic E-state index is 15.1. The molecule has 0 spiro atoms. The van der Waals surface area contributed by atoms with E-state index >= 15 is 4.39 Å². The van der Waals surface area contributed by atoms with Crippen LogP contribution in [0.2, 0.25) is 0 Å². The Morgan fingerprint density at radius 3 is 2.70 bits per heavy atom. The number of Topliss-reactive ketones (excluding diaryl/α,β-unsaturated/α-hetero) is 1. The second-order valence-corrected chi connectivity index (χ2v) is 9.55. The lowest BCUT2D eigenvalue weighted by Gasteiger charge is -2.17. The lowest BCUT2D eigenvalue weighted by molar-refractivity contribution is 0.0952. The Hall–Kier alpha value is -4.02. The number of imidazole rings is 1. The second kappa shape index (κ2) is 11.4. The zero-order chi connectivity index (χ0) is 26.5. The fourth-order valence-electron chi connectivity index (χ4n) is 4.46. The van der Waals surface area contributed by atoms with Crippen LogP contribution >= 0.6 is 0 Å². The number of aromatic nitrogens is 2. The molecular weight excluding hydrogens is 469 g/mol. The van der Waals surface area contributed by atoms with Gasteiger partial charge in [0.25, 0.3) is 0 Å². The number of pyridine rings is 1. The number of ether oxygens (including phenoxy) is 1. The monoisotopic (exact) mass is 499 g/mol. The van der Waals surface area contributed by atoms with Gasteiger partial charge in [-0.25, -0.2) is 9.37 Å². The van der Waals surface area contributed by atoms with Gasteiger partial charge in [0.2, 0.25) is 0 Å². The summed E-state index contributed by atoms with van der Waals surface area (Å²) in [7, 11) is 0. The molecule has 4 rings (SSSR count). The lowest BCUT2D eigenvalue weighted by Crippen LogP contribution is -2.14. The number of aliphatic hydroxyl groups is 1. The van der Waals surface area contributed by atoms with Crippen molar-refractivity contribution in [3.63, 3.8) is 0 Å². The van der Waals surface area contributed by atoms with Crippen LogP contribution in [0.25, 0.3) is 16.9 Å². The molecule has 2 aromatic heterocycles. The van der Waals surface area contributed by atoms with Gasteiger partial charge in [-0.05, 0) is 81.0 Å². The van der Waals surface area contributed by atoms with Crippen LogP contribution in [-0.4, -0.2) is 33.0 Å². The molecule has 4 aromatic rings. The number of carbonyl (C=O) groups excluding carboxylic acids is 1. The van der Waals surface area contributed by atoms with Gasteiger partial charge in [0.05, 0.1) is 17.4 Å². The first-order valence-electron chi connectivity index (χ1n) is 12.4. The van der Waals surface area contributed by atoms with Gasteiger partial charge in [-0.15, -0.1) is 0 Å². The molecule has 7 heteroatoms. The highest BCUT2D eigenvalue weighted by atomic mass is 19.1. The van der Waals surface area contributed by atoms with E-state index in [9.17, 15) is 15.2 Å². The van der Waals surface area contributed by atoms with Crippen LogP contribution in [0.4, 0.5) is 4.39 Å². The Morgan fingerprint density at radius 2 is 2.03 bits per heavy atom. The van der Waals surface area contributed by atoms with E-state index in [2.05, 4.69) is 11.1 Å². The van der Waals surface area contributed by atoms with Gasteiger partial charge in [-0.1, -0.05) is 18.2 Å². The number of fused-ring (bicyclic) bond motifs is 1. The van der Waals surface area contributed by atoms with E-state index in [-0.39, 0.29) is 36.7 Å². The predicted molar refractivity (Wildman–Crippen MR) is 140 cm³/mol. The van der Waals surface area contributed by atoms with Gasteiger partial charge in [0.1, 0.15) is 23.3 Å². The first kappa shape index (κ1) is 26.1. The number of hydrogen-bond donors (Lipinski definition) is 1. The highest BCUT2D eigenvalue weighted by molar-refractivity contribution is 5.96. The minimum absolute atomic E-state index is 0.0966. The number of benzene rings is 2. The van der Waals surface area contributed by atoms with Gasteiger partial charge in [0.15, 0.2) is 5.78 Å². The molecule has 0 saturated carbocycles. The van der Waals surface area contributed by atoms with Crippen LogP contribution < -0.4 is 4.74 Å². The number of rotatable bonds is 10. The zero-order valence-corrected chi connectivity index (χ0v) is 21.2. The molecule has 0 bridgehead atoms. The van der Waals surface area contributed by atoms with E-state index in [4.69, 9.17) is 4.74 Å². The molecule has 0 saturated heterocycles. The molecule has 37 heavy (non-hydrogen) atoms. The van der Waals surface area contributed by atoms with E-state index in [1.54, 1.807) is 18.2 Å². The molecule has 0 aliphatic rings. The fourth-order valence-corrected chi connectivity index (χ4v) is 4.46. The molecule has 190 valence electrons. The highest BCUT2D eigenvalue weighted by Crippen LogP contribution is 2.27. The molecular formula is C30H30FN3O3. The minimum atomic E-state index is -0.372. The highest BCUT2D eigenvalue weighted by Gasteiger charge is 2.20. The molecule has 2 aromatic carbocycles. The standard InChI is InChI=1S/C30H30FN3O3/c1-19(2)37-29-9-8-24(15-25(29)17-32)28(36)14-21(10-12-35)13-22-6-7-23(16-26(22)31)27-18-34-11-4-5-20(3)30(34)33-27/h4-9,11,15-16,18-19,21,35H,10,12-14H2,1-3H3/t21-/m1/s1. The smallest absolute Gasteiger partial charge is 0.163 e. The lowest BCUT2D eigenvalue weighted by atomic mass is 9.89. The third kappa shape index (κ3) is 6.04. The van der Waals surface area contributed by atoms with E-state index in [1.807, 2.05) is 55.8 Å². The quantitative estimate of drug-likeness (QED) is 0.274. The molecule has 1 N–H and O–H groups in total. The number of nitriles is 1. The Bertz CT molecular complexity index is 1470. The van der Waals surface area contributed by atoms with Gasteiger partial charge in [0, 0.05) is 36.5 Å². The number of halogens is 1. The molecule has 2 heterocycles. The maximum Gasteiger partial charge on any atom is 0.163 e. The summed E-state index contributed by atoms with van der Waals surface area (Å²) >= 11 is 0. The number of nitrogens with zero attached hydrogens (tertiary/aromatic N) is 3. The van der Waals surface area contributed by atoms with E-state index in [1.165, 1.54) is 12.1 Å². The van der Waals surface area contributed by atoms with Gasteiger partial charge < -0.3 is 14.2 Å². The van der Waals surface area contributed by atoms with Crippen LogP contribution in [0, 0.1) is 30.0 Å². The van der Waals surface area contributed by atoms with Crippen molar-refractivity contribution in [3.05, 3.63) is 89.0 Å². The van der Waals surface area contributed by atoms with Crippen LogP contribution in [0.5, 0.6) is 5.75 Å². The Balaban J connectivity index is 1.50. The van der Waals surface area contributed by atoms with Crippen molar-refractivity contribution in [2.24, 2.45) is 5.92 Å². The van der Waals surface area contributed by atoms with Gasteiger partial charge >= 0.3 is 0 Å². The summed E-state index contributed by atoms with van der Waals surface area (Å²) in [6.45, 7) is 5.60. The van der Waals surface area contributed by atoms with Crippen molar-refractivity contribution in [3.8, 4) is 23.1 Å². The summed E-state index contributed by atoms with van der Waals surface area (Å²) in [6.07, 6.45) is 4.48. The molecule has 0 fully saturated rings. The Labute approximate surface area is 216 Å². The number of ketones is 1. The van der Waals surface area contributed by atoms with Crippen molar-refractivity contribution >= 4 is 11.4 Å². The normalized spacial score (nSPS) is 12.0. The average Bonchev–Trinajstić information content (AvgIpc) is 3.31. The number of aliphatic hydroxyl groups excluding tert-OH is 1. The van der Waals surface area contributed by atoms with Gasteiger partial charge in [-0.2, -0.15) is 5.26 Å². The molecule has 0 unspecified atom stereocenters. The fraction of sp³-hybridized carbons (Fsp3) is 0.300. The summed E-state index contributed by atoms with van der Waals surface area (Å²) in [6, 6.07) is 15.8. The Morgan fingerprint density at radius 1 is 1.22 bits per heavy atom. The number of hydrogen-bond acceptors (Lipinski definition) is 5. The summed E-state index contributed by atoms with van der Waals surface area (Å²) < 4.78 is 22.7. The molecule has 6 nitrogen and oxygen atoms in total. The second-order valence-electron chi connectivity index (χ2n) is 9.55. The minimum Gasteiger partial charge on any atom is -0.490 e. The van der Waals surface area contributed by atoms with E-state index < -0.39 is 0 Å². The van der Waals surface area contributed by atoms with E-state index in [0.29, 0.717) is 46.5 Å². The first-order chi connectivity index (χ1) is 17.8. The van der Waals surface area contributed by atoms with Crippen LogP contribution in [0.3, 0.4) is 0 Å². The summed E-state index contributed by atoms with van der Waals surface area (Å²) in [5.74, 6) is -0.358. The summed E-state index contributed by atoms with van der Waals surface area (Å²) in [4.78, 5) is 17.7. The molecule has 1 atom stereocenters. The average molecular weight is 500 g/mol. The molecule has 0 aliphatic heterocycles. The molecule has 0 amide bonds. The molecule has 0 aliphatic carbocycles. The van der Waals surface area contributed by atoms with Crippen molar-refractivity contribution < 1.29 is 19.0 Å². The zero-order valence-electron chi connectivity index (χ0n) is 21.2. The topological polar surface area (TPSA) is 87.6 Å².